The number of nitrogens with one attached hydrogen (secondary N) is 1. The fourth-order valence-corrected chi connectivity index (χ4v) is 3.76. The normalized spacial score (nSPS) is 11.2. The Balaban J connectivity index is 1.31. The van der Waals surface area contributed by atoms with Crippen molar-refractivity contribution in [3.63, 3.8) is 0 Å². The Bertz CT molecular complexity index is 1400. The quantitative estimate of drug-likeness (QED) is 0.347. The number of hydrogen-bond donors (Lipinski definition) is 2. The summed E-state index contributed by atoms with van der Waals surface area (Å²) in [6.45, 7) is 0.634. The second-order valence-corrected chi connectivity index (χ2v) is 7.71. The van der Waals surface area contributed by atoms with E-state index in [9.17, 15) is 0 Å². The lowest BCUT2D eigenvalue weighted by Crippen LogP contribution is -2.05. The van der Waals surface area contributed by atoms with Gasteiger partial charge in [-0.1, -0.05) is 41.9 Å². The molecule has 0 saturated heterocycles. The molecule has 0 unspecified atom stereocenters. The number of ether oxygens (including phenoxy) is 1. The number of aromatic nitrogens is 3. The van der Waals surface area contributed by atoms with Gasteiger partial charge in [-0.3, -0.25) is 0 Å². The van der Waals surface area contributed by atoms with E-state index in [1.807, 2.05) is 78.3 Å². The van der Waals surface area contributed by atoms with Gasteiger partial charge in [-0.05, 0) is 42.0 Å². The molecule has 0 aliphatic rings. The van der Waals surface area contributed by atoms with Gasteiger partial charge in [0, 0.05) is 30.1 Å². The van der Waals surface area contributed by atoms with E-state index in [0.717, 1.165) is 39.0 Å². The molecular formula is C24H20ClN5O. The van der Waals surface area contributed by atoms with Crippen molar-refractivity contribution in [2.24, 2.45) is 7.05 Å². The summed E-state index contributed by atoms with van der Waals surface area (Å²) in [7, 11) is 1.97. The highest BCUT2D eigenvalue weighted by Gasteiger charge is 2.09. The van der Waals surface area contributed by atoms with Crippen LogP contribution in [0.2, 0.25) is 5.02 Å². The molecule has 0 aliphatic carbocycles. The van der Waals surface area contributed by atoms with Crippen LogP contribution in [0.25, 0.3) is 21.8 Å². The first-order valence-corrected chi connectivity index (χ1v) is 10.2. The average molecular weight is 430 g/mol. The van der Waals surface area contributed by atoms with Gasteiger partial charge in [0.15, 0.2) is 0 Å². The number of anilines is 2. The van der Waals surface area contributed by atoms with Crippen molar-refractivity contribution in [2.45, 2.75) is 6.54 Å². The molecule has 0 spiro atoms. The van der Waals surface area contributed by atoms with Crippen LogP contribution >= 0.6 is 11.6 Å². The molecule has 6 nitrogen and oxygen atoms in total. The number of fused-ring (bicyclic) bond motifs is 2. The minimum atomic E-state index is 0.532. The van der Waals surface area contributed by atoms with Gasteiger partial charge in [-0.25, -0.2) is 9.97 Å². The summed E-state index contributed by atoms with van der Waals surface area (Å²) in [5.74, 6) is 2.03. The topological polar surface area (TPSA) is 78.0 Å². The second-order valence-electron chi connectivity index (χ2n) is 7.30. The number of nitrogen functional groups attached to an aromatic ring is 1. The van der Waals surface area contributed by atoms with Crippen molar-refractivity contribution in [1.29, 1.82) is 0 Å². The van der Waals surface area contributed by atoms with Crippen molar-refractivity contribution in [1.82, 2.24) is 14.5 Å². The minimum absolute atomic E-state index is 0.532. The maximum absolute atomic E-state index is 6.24. The van der Waals surface area contributed by atoms with Crippen LogP contribution in [0.15, 0.2) is 72.9 Å². The Morgan fingerprint density at radius 1 is 1.03 bits per heavy atom. The molecule has 154 valence electrons. The Kier molecular flexibility index (Phi) is 4.84. The van der Waals surface area contributed by atoms with E-state index < -0.39 is 0 Å². The van der Waals surface area contributed by atoms with Crippen LogP contribution in [0.3, 0.4) is 0 Å². The number of nitrogens with zero attached hydrogens (tertiary/aromatic N) is 3. The van der Waals surface area contributed by atoms with Crippen molar-refractivity contribution in [2.75, 3.05) is 11.1 Å². The van der Waals surface area contributed by atoms with Gasteiger partial charge < -0.3 is 20.4 Å². The van der Waals surface area contributed by atoms with E-state index >= 15 is 0 Å². The Hall–Kier alpha value is -3.77. The van der Waals surface area contributed by atoms with Gasteiger partial charge in [0.2, 0.25) is 11.8 Å². The molecule has 2 aromatic heterocycles. The maximum atomic E-state index is 6.24. The second kappa shape index (κ2) is 7.81. The van der Waals surface area contributed by atoms with Crippen molar-refractivity contribution in [3.8, 4) is 11.6 Å². The minimum Gasteiger partial charge on any atom is -0.438 e. The third-order valence-corrected chi connectivity index (χ3v) is 5.50. The highest BCUT2D eigenvalue weighted by atomic mass is 35.5. The summed E-state index contributed by atoms with van der Waals surface area (Å²) in [6.07, 6.45) is 1.61. The lowest BCUT2D eigenvalue weighted by atomic mass is 10.2. The number of halogens is 1. The molecule has 3 N–H and O–H groups in total. The van der Waals surface area contributed by atoms with Crippen LogP contribution in [0.1, 0.15) is 5.56 Å². The molecule has 0 saturated carbocycles. The molecule has 0 radical (unpaired) electrons. The molecule has 0 aliphatic heterocycles. The van der Waals surface area contributed by atoms with E-state index in [2.05, 4.69) is 15.3 Å². The predicted octanol–water partition coefficient (Wildman–Crippen LogP) is 5.76. The highest BCUT2D eigenvalue weighted by molar-refractivity contribution is 6.35. The monoisotopic (exact) mass is 429 g/mol. The first-order chi connectivity index (χ1) is 15.1. The molecule has 7 heteroatoms. The van der Waals surface area contributed by atoms with E-state index in [4.69, 9.17) is 22.1 Å². The molecule has 2 heterocycles. The van der Waals surface area contributed by atoms with Crippen LogP contribution < -0.4 is 15.8 Å². The van der Waals surface area contributed by atoms with Crippen molar-refractivity contribution >= 4 is 45.0 Å². The first kappa shape index (κ1) is 19.2. The Labute approximate surface area is 184 Å². The smallest absolute Gasteiger partial charge is 0.227 e. The number of aryl methyl sites for hydroxylation is 1. The average Bonchev–Trinajstić information content (AvgIpc) is 3.10. The van der Waals surface area contributed by atoms with Crippen molar-refractivity contribution < 1.29 is 4.74 Å². The van der Waals surface area contributed by atoms with Gasteiger partial charge in [0.05, 0.1) is 22.3 Å². The van der Waals surface area contributed by atoms with Crippen LogP contribution in [-0.2, 0) is 13.6 Å². The van der Waals surface area contributed by atoms with E-state index in [1.54, 1.807) is 6.20 Å². The maximum Gasteiger partial charge on any atom is 0.227 e. The van der Waals surface area contributed by atoms with Crippen LogP contribution in [0, 0.1) is 0 Å². The van der Waals surface area contributed by atoms with E-state index in [0.29, 0.717) is 23.2 Å². The van der Waals surface area contributed by atoms with Gasteiger partial charge in [0.1, 0.15) is 5.75 Å². The first-order valence-electron chi connectivity index (χ1n) is 9.84. The van der Waals surface area contributed by atoms with Gasteiger partial charge >= 0.3 is 0 Å². The molecule has 0 bridgehead atoms. The summed E-state index contributed by atoms with van der Waals surface area (Å²) >= 11 is 6.24. The number of hydrogen-bond acceptors (Lipinski definition) is 5. The summed E-state index contributed by atoms with van der Waals surface area (Å²) in [5, 5.41) is 5.78. The largest absolute Gasteiger partial charge is 0.438 e. The standard InChI is InChI=1S/C24H20ClN5O/c1-30-22-12-16(26)8-11-21(22)29-24(30)28-13-15-6-9-17(10-7-15)31-23-19-5-3-2-4-18(19)20(25)14-27-23/h2-12,14H,13,26H2,1H3,(H,28,29). The Morgan fingerprint density at radius 3 is 2.61 bits per heavy atom. The number of imidazole rings is 1. The van der Waals surface area contributed by atoms with E-state index in [1.165, 1.54) is 0 Å². The molecule has 5 rings (SSSR count). The summed E-state index contributed by atoms with van der Waals surface area (Å²) in [5.41, 5.74) is 9.62. The van der Waals surface area contributed by atoms with E-state index in [-0.39, 0.29) is 0 Å². The molecule has 5 aromatic rings. The van der Waals surface area contributed by atoms with Gasteiger partial charge in [-0.15, -0.1) is 0 Å². The number of benzene rings is 3. The summed E-state index contributed by atoms with van der Waals surface area (Å²) in [4.78, 5) is 8.98. The zero-order valence-corrected chi connectivity index (χ0v) is 17.6. The Morgan fingerprint density at radius 2 is 1.81 bits per heavy atom. The predicted molar refractivity (Wildman–Crippen MR) is 126 cm³/mol. The van der Waals surface area contributed by atoms with Crippen LogP contribution in [0.5, 0.6) is 11.6 Å². The SMILES string of the molecule is Cn1c(NCc2ccc(Oc3ncc(Cl)c4ccccc34)cc2)nc2ccc(N)cc21. The molecule has 3 aromatic carbocycles. The zero-order valence-electron chi connectivity index (χ0n) is 16.8. The lowest BCUT2D eigenvalue weighted by molar-refractivity contribution is 0.469. The zero-order chi connectivity index (χ0) is 21.4. The molecular weight excluding hydrogens is 410 g/mol. The number of rotatable bonds is 5. The van der Waals surface area contributed by atoms with Gasteiger partial charge in [-0.2, -0.15) is 0 Å². The fraction of sp³-hybridized carbons (Fsp3) is 0.0833. The molecule has 31 heavy (non-hydrogen) atoms. The number of nitrogens with two attached hydrogens (primary N) is 1. The summed E-state index contributed by atoms with van der Waals surface area (Å²) < 4.78 is 8.02. The fourth-order valence-electron chi connectivity index (χ4n) is 3.55. The molecule has 0 amide bonds. The third kappa shape index (κ3) is 3.73. The van der Waals surface area contributed by atoms with Crippen molar-refractivity contribution in [3.05, 3.63) is 83.5 Å². The number of pyridine rings is 1. The van der Waals surface area contributed by atoms with Crippen LogP contribution in [-0.4, -0.2) is 14.5 Å². The third-order valence-electron chi connectivity index (χ3n) is 5.20. The summed E-state index contributed by atoms with van der Waals surface area (Å²) in [6, 6.07) is 21.4. The lowest BCUT2D eigenvalue weighted by Gasteiger charge is -2.10. The highest BCUT2D eigenvalue weighted by Crippen LogP contribution is 2.32. The molecule has 0 atom stereocenters. The van der Waals surface area contributed by atoms with Crippen LogP contribution in [0.4, 0.5) is 11.6 Å². The van der Waals surface area contributed by atoms with Gasteiger partial charge in [0.25, 0.3) is 0 Å². The molecule has 0 fully saturated rings.